The minimum absolute atomic E-state index is 0.156. The lowest BCUT2D eigenvalue weighted by molar-refractivity contribution is -0.228. The minimum atomic E-state index is -2.23. The molecule has 0 saturated carbocycles. The van der Waals surface area contributed by atoms with E-state index < -0.39 is 30.2 Å². The van der Waals surface area contributed by atoms with Gasteiger partial charge in [-0.05, 0) is 0 Å². The molecule has 4 N–H and O–H groups in total. The summed E-state index contributed by atoms with van der Waals surface area (Å²) in [5.41, 5.74) is 10.4. The summed E-state index contributed by atoms with van der Waals surface area (Å²) in [6.07, 6.45) is 0.842. The van der Waals surface area contributed by atoms with E-state index in [0.29, 0.717) is 0 Å². The summed E-state index contributed by atoms with van der Waals surface area (Å²) >= 11 is 0. The zero-order chi connectivity index (χ0) is 15.2. The average Bonchev–Trinajstić information content (AvgIpc) is 2.43. The lowest BCUT2D eigenvalue weighted by Crippen LogP contribution is -2.48. The number of primary amides is 2. The van der Waals surface area contributed by atoms with Crippen molar-refractivity contribution in [1.82, 2.24) is 0 Å². The Morgan fingerprint density at radius 1 is 1.20 bits per heavy atom. The molecule has 0 aromatic heterocycles. The number of ether oxygens (including phenoxy) is 2. The van der Waals surface area contributed by atoms with Crippen LogP contribution in [0.15, 0.2) is 43.0 Å². The molecule has 1 atom stereocenters. The molecular weight excluding hydrogens is 264 g/mol. The van der Waals surface area contributed by atoms with Crippen molar-refractivity contribution < 1.29 is 23.9 Å². The predicted molar refractivity (Wildman–Crippen MR) is 68.7 cm³/mol. The molecule has 106 valence electrons. The van der Waals surface area contributed by atoms with Crippen LogP contribution >= 0.6 is 0 Å². The SMILES string of the molecule is C=CC(=O)OC(OCC(N)=O)(C(N)=O)c1ccccc1. The Morgan fingerprint density at radius 2 is 1.80 bits per heavy atom. The van der Waals surface area contributed by atoms with Crippen molar-refractivity contribution in [3.05, 3.63) is 48.6 Å². The number of benzene rings is 1. The molecule has 0 saturated heterocycles. The molecule has 7 nitrogen and oxygen atoms in total. The third kappa shape index (κ3) is 3.42. The largest absolute Gasteiger partial charge is 0.416 e. The van der Waals surface area contributed by atoms with Gasteiger partial charge in [-0.2, -0.15) is 0 Å². The Labute approximate surface area is 115 Å². The number of esters is 1. The van der Waals surface area contributed by atoms with Gasteiger partial charge in [-0.1, -0.05) is 36.9 Å². The van der Waals surface area contributed by atoms with Crippen LogP contribution in [-0.2, 0) is 29.6 Å². The number of carbonyl (C=O) groups is 3. The number of hydrogen-bond acceptors (Lipinski definition) is 5. The van der Waals surface area contributed by atoms with E-state index in [4.69, 9.17) is 20.9 Å². The maximum atomic E-state index is 11.7. The number of rotatable bonds is 7. The summed E-state index contributed by atoms with van der Waals surface area (Å²) < 4.78 is 9.99. The molecule has 0 heterocycles. The van der Waals surface area contributed by atoms with E-state index in [-0.39, 0.29) is 5.56 Å². The van der Waals surface area contributed by atoms with E-state index in [9.17, 15) is 14.4 Å². The lowest BCUT2D eigenvalue weighted by atomic mass is 10.0. The Hall–Kier alpha value is -2.67. The van der Waals surface area contributed by atoms with Gasteiger partial charge in [0.1, 0.15) is 6.61 Å². The van der Waals surface area contributed by atoms with Crippen molar-refractivity contribution in [2.45, 2.75) is 5.79 Å². The number of carbonyl (C=O) groups excluding carboxylic acids is 3. The van der Waals surface area contributed by atoms with E-state index >= 15 is 0 Å². The van der Waals surface area contributed by atoms with Crippen molar-refractivity contribution in [2.24, 2.45) is 11.5 Å². The topological polar surface area (TPSA) is 122 Å². The fourth-order valence-electron chi connectivity index (χ4n) is 1.45. The molecule has 1 rings (SSSR count). The van der Waals surface area contributed by atoms with Gasteiger partial charge >= 0.3 is 11.8 Å². The molecule has 0 aliphatic rings. The molecule has 0 radical (unpaired) electrons. The van der Waals surface area contributed by atoms with Gasteiger partial charge in [-0.25, -0.2) is 4.79 Å². The summed E-state index contributed by atoms with van der Waals surface area (Å²) in [6.45, 7) is 2.57. The third-order valence-corrected chi connectivity index (χ3v) is 2.31. The monoisotopic (exact) mass is 278 g/mol. The Balaban J connectivity index is 3.26. The second-order valence-corrected chi connectivity index (χ2v) is 3.73. The highest BCUT2D eigenvalue weighted by atomic mass is 16.7. The Bertz CT molecular complexity index is 529. The molecule has 2 amide bonds. The standard InChI is InChI=1S/C13H14N2O5/c1-2-11(17)20-13(12(15)18,19-8-10(14)16)9-6-4-3-5-7-9/h2-7H,1,8H2,(H2,14,16)(H2,15,18). The molecule has 7 heteroatoms. The summed E-state index contributed by atoms with van der Waals surface area (Å²) in [4.78, 5) is 34.0. The summed E-state index contributed by atoms with van der Waals surface area (Å²) in [7, 11) is 0. The van der Waals surface area contributed by atoms with Gasteiger partial charge in [0, 0.05) is 11.6 Å². The van der Waals surface area contributed by atoms with Crippen LogP contribution in [0.2, 0.25) is 0 Å². The highest BCUT2D eigenvalue weighted by Crippen LogP contribution is 2.27. The second-order valence-electron chi connectivity index (χ2n) is 3.73. The molecule has 0 aliphatic carbocycles. The summed E-state index contributed by atoms with van der Waals surface area (Å²) in [5, 5.41) is 0. The summed E-state index contributed by atoms with van der Waals surface area (Å²) in [6, 6.07) is 7.77. The molecule has 1 aromatic rings. The van der Waals surface area contributed by atoms with Crippen LogP contribution in [0.25, 0.3) is 0 Å². The van der Waals surface area contributed by atoms with Crippen molar-refractivity contribution in [3.63, 3.8) is 0 Å². The maximum absolute atomic E-state index is 11.7. The second kappa shape index (κ2) is 6.48. The molecule has 0 bridgehead atoms. The third-order valence-electron chi connectivity index (χ3n) is 2.31. The van der Waals surface area contributed by atoms with Gasteiger partial charge in [-0.15, -0.1) is 0 Å². The molecule has 0 aliphatic heterocycles. The zero-order valence-corrected chi connectivity index (χ0v) is 10.6. The van der Waals surface area contributed by atoms with E-state index in [0.717, 1.165) is 6.08 Å². The number of hydrogen-bond donors (Lipinski definition) is 2. The van der Waals surface area contributed by atoms with Gasteiger partial charge in [-0.3, -0.25) is 9.59 Å². The summed E-state index contributed by atoms with van der Waals surface area (Å²) in [5.74, 6) is -5.11. The highest BCUT2D eigenvalue weighted by molar-refractivity contribution is 5.89. The highest BCUT2D eigenvalue weighted by Gasteiger charge is 2.44. The van der Waals surface area contributed by atoms with Gasteiger partial charge in [0.2, 0.25) is 5.91 Å². The average molecular weight is 278 g/mol. The van der Waals surface area contributed by atoms with Crippen LogP contribution in [0.1, 0.15) is 5.56 Å². The van der Waals surface area contributed by atoms with Gasteiger partial charge in [0.05, 0.1) is 0 Å². The van der Waals surface area contributed by atoms with Gasteiger partial charge in [0.25, 0.3) is 5.91 Å². The van der Waals surface area contributed by atoms with E-state index in [1.165, 1.54) is 12.1 Å². The fraction of sp³-hybridized carbons (Fsp3) is 0.154. The first-order chi connectivity index (χ1) is 9.42. The van der Waals surface area contributed by atoms with Crippen LogP contribution in [0.4, 0.5) is 0 Å². The Kier molecular flexibility index (Phi) is 4.99. The first-order valence-corrected chi connectivity index (χ1v) is 5.55. The van der Waals surface area contributed by atoms with Crippen molar-refractivity contribution in [1.29, 1.82) is 0 Å². The number of amides is 2. The normalized spacial score (nSPS) is 13.0. The van der Waals surface area contributed by atoms with Crippen molar-refractivity contribution in [2.75, 3.05) is 6.61 Å². The van der Waals surface area contributed by atoms with Crippen LogP contribution < -0.4 is 11.5 Å². The smallest absolute Gasteiger partial charge is 0.333 e. The molecular formula is C13H14N2O5. The maximum Gasteiger partial charge on any atom is 0.333 e. The Morgan fingerprint density at radius 3 is 2.25 bits per heavy atom. The van der Waals surface area contributed by atoms with E-state index in [2.05, 4.69) is 6.58 Å². The van der Waals surface area contributed by atoms with Crippen LogP contribution in [0, 0.1) is 0 Å². The van der Waals surface area contributed by atoms with Gasteiger partial charge in [0.15, 0.2) is 0 Å². The molecule has 0 fully saturated rings. The van der Waals surface area contributed by atoms with Crippen molar-refractivity contribution >= 4 is 17.8 Å². The van der Waals surface area contributed by atoms with Crippen LogP contribution in [0.3, 0.4) is 0 Å². The predicted octanol–water partition coefficient (Wildman–Crippen LogP) is -0.444. The van der Waals surface area contributed by atoms with Crippen LogP contribution in [0.5, 0.6) is 0 Å². The van der Waals surface area contributed by atoms with Crippen LogP contribution in [-0.4, -0.2) is 24.4 Å². The minimum Gasteiger partial charge on any atom is -0.416 e. The molecule has 20 heavy (non-hydrogen) atoms. The zero-order valence-electron chi connectivity index (χ0n) is 10.6. The molecule has 1 aromatic carbocycles. The first kappa shape index (κ1) is 15.4. The molecule has 1 unspecified atom stereocenters. The number of nitrogens with two attached hydrogens (primary N) is 2. The van der Waals surface area contributed by atoms with Gasteiger partial charge < -0.3 is 20.9 Å². The fourth-order valence-corrected chi connectivity index (χ4v) is 1.45. The van der Waals surface area contributed by atoms with E-state index in [1.807, 2.05) is 0 Å². The van der Waals surface area contributed by atoms with E-state index in [1.54, 1.807) is 18.2 Å². The van der Waals surface area contributed by atoms with Crippen molar-refractivity contribution in [3.8, 4) is 0 Å². The lowest BCUT2D eigenvalue weighted by Gasteiger charge is -2.29. The first-order valence-electron chi connectivity index (χ1n) is 5.55. The quantitative estimate of drug-likeness (QED) is 0.397. The molecule has 0 spiro atoms.